The maximum Gasteiger partial charge on any atom is 0.417 e. The summed E-state index contributed by atoms with van der Waals surface area (Å²) in [6.45, 7) is 6.40. The van der Waals surface area contributed by atoms with Gasteiger partial charge in [-0.05, 0) is 35.2 Å². The fraction of sp³-hybridized carbons (Fsp3) is 0.235. The molecule has 0 aliphatic carbocycles. The highest BCUT2D eigenvalue weighted by Gasteiger charge is 2.14. The Morgan fingerprint density at radius 3 is 2.35 bits per heavy atom. The number of benzene rings is 2. The fourth-order valence-corrected chi connectivity index (χ4v) is 1.80. The monoisotopic (exact) mass is 269 g/mol. The van der Waals surface area contributed by atoms with Crippen LogP contribution in [0.1, 0.15) is 26.3 Å². The van der Waals surface area contributed by atoms with Crippen molar-refractivity contribution in [2.24, 2.45) is 0 Å². The van der Waals surface area contributed by atoms with Crippen molar-refractivity contribution in [1.82, 2.24) is 0 Å². The third-order valence-electron chi connectivity index (χ3n) is 2.93. The van der Waals surface area contributed by atoms with Gasteiger partial charge in [0, 0.05) is 5.69 Å². The first-order valence-electron chi connectivity index (χ1n) is 6.59. The highest BCUT2D eigenvalue weighted by molar-refractivity contribution is 5.86. The Kier molecular flexibility index (Phi) is 4.08. The Bertz CT molecular complexity index is 585. The van der Waals surface area contributed by atoms with E-state index in [2.05, 4.69) is 26.1 Å². The highest BCUT2D eigenvalue weighted by atomic mass is 16.6. The molecule has 1 N–H and O–H groups in total. The number of hydrogen-bond acceptors (Lipinski definition) is 2. The zero-order valence-corrected chi connectivity index (χ0v) is 12.0. The lowest BCUT2D eigenvalue weighted by atomic mass is 9.87. The van der Waals surface area contributed by atoms with Gasteiger partial charge >= 0.3 is 6.09 Å². The fourth-order valence-electron chi connectivity index (χ4n) is 1.80. The number of nitrogens with one attached hydrogen (secondary N) is 1. The Labute approximate surface area is 119 Å². The zero-order valence-electron chi connectivity index (χ0n) is 12.0. The summed E-state index contributed by atoms with van der Waals surface area (Å²) in [6.07, 6.45) is -0.484. The van der Waals surface area contributed by atoms with E-state index in [0.717, 1.165) is 11.3 Å². The maximum absolute atomic E-state index is 11.8. The Balaban J connectivity index is 2.05. The molecule has 3 heteroatoms. The standard InChI is InChI=1S/C17H19NO2/c1-17(2,3)13-8-7-9-14(12-13)18-16(19)20-15-10-5-4-6-11-15/h4-12H,1-3H3,(H,18,19). The molecule has 0 atom stereocenters. The molecule has 104 valence electrons. The van der Waals surface area contributed by atoms with E-state index in [1.807, 2.05) is 42.5 Å². The van der Waals surface area contributed by atoms with Crippen molar-refractivity contribution in [1.29, 1.82) is 0 Å². The van der Waals surface area contributed by atoms with Crippen LogP contribution in [0.5, 0.6) is 5.75 Å². The van der Waals surface area contributed by atoms with Crippen LogP contribution >= 0.6 is 0 Å². The van der Waals surface area contributed by atoms with Crippen molar-refractivity contribution in [3.8, 4) is 5.75 Å². The third-order valence-corrected chi connectivity index (χ3v) is 2.93. The van der Waals surface area contributed by atoms with Gasteiger partial charge in [-0.1, -0.05) is 51.1 Å². The second-order valence-corrected chi connectivity index (χ2v) is 5.66. The molecule has 2 rings (SSSR count). The van der Waals surface area contributed by atoms with Crippen LogP contribution < -0.4 is 10.1 Å². The second-order valence-electron chi connectivity index (χ2n) is 5.66. The summed E-state index contributed by atoms with van der Waals surface area (Å²) in [5.41, 5.74) is 1.94. The third kappa shape index (κ3) is 3.85. The second kappa shape index (κ2) is 5.78. The molecule has 3 nitrogen and oxygen atoms in total. The average molecular weight is 269 g/mol. The molecule has 20 heavy (non-hydrogen) atoms. The van der Waals surface area contributed by atoms with Crippen molar-refractivity contribution in [2.45, 2.75) is 26.2 Å². The number of anilines is 1. The summed E-state index contributed by atoms with van der Waals surface area (Å²) in [4.78, 5) is 11.8. The minimum absolute atomic E-state index is 0.0427. The van der Waals surface area contributed by atoms with Crippen LogP contribution in [-0.2, 0) is 5.41 Å². The minimum Gasteiger partial charge on any atom is -0.410 e. The van der Waals surface area contributed by atoms with E-state index in [-0.39, 0.29) is 5.41 Å². The molecule has 0 spiro atoms. The van der Waals surface area contributed by atoms with Gasteiger partial charge in [0.2, 0.25) is 0 Å². The molecule has 2 aromatic carbocycles. The van der Waals surface area contributed by atoms with Crippen LogP contribution in [0.3, 0.4) is 0 Å². The van der Waals surface area contributed by atoms with Crippen molar-refractivity contribution in [3.05, 3.63) is 60.2 Å². The first-order valence-corrected chi connectivity index (χ1v) is 6.59. The Morgan fingerprint density at radius 2 is 1.70 bits per heavy atom. The van der Waals surface area contributed by atoms with Gasteiger partial charge in [-0.15, -0.1) is 0 Å². The topological polar surface area (TPSA) is 38.3 Å². The molecule has 0 aromatic heterocycles. The van der Waals surface area contributed by atoms with Crippen LogP contribution in [0.2, 0.25) is 0 Å². The van der Waals surface area contributed by atoms with Crippen LogP contribution in [0.15, 0.2) is 54.6 Å². The molecule has 0 bridgehead atoms. The van der Waals surface area contributed by atoms with Crippen LogP contribution in [-0.4, -0.2) is 6.09 Å². The summed E-state index contributed by atoms with van der Waals surface area (Å²) < 4.78 is 5.19. The van der Waals surface area contributed by atoms with Crippen LogP contribution in [0.25, 0.3) is 0 Å². The molecule has 1 amide bonds. The lowest BCUT2D eigenvalue weighted by Crippen LogP contribution is -2.17. The first-order chi connectivity index (χ1) is 9.45. The van der Waals surface area contributed by atoms with E-state index in [0.29, 0.717) is 5.75 Å². The zero-order chi connectivity index (χ0) is 14.6. The van der Waals surface area contributed by atoms with Crippen molar-refractivity contribution in [2.75, 3.05) is 5.32 Å². The van der Waals surface area contributed by atoms with E-state index < -0.39 is 6.09 Å². The molecule has 0 radical (unpaired) electrons. The molecular weight excluding hydrogens is 250 g/mol. The molecule has 2 aromatic rings. The first kappa shape index (κ1) is 14.1. The number of amides is 1. The van der Waals surface area contributed by atoms with E-state index >= 15 is 0 Å². The van der Waals surface area contributed by atoms with Gasteiger partial charge in [0.1, 0.15) is 5.75 Å². The summed E-state index contributed by atoms with van der Waals surface area (Å²) >= 11 is 0. The molecule has 0 unspecified atom stereocenters. The van der Waals surface area contributed by atoms with Gasteiger partial charge in [-0.3, -0.25) is 5.32 Å². The van der Waals surface area contributed by atoms with Crippen molar-refractivity contribution >= 4 is 11.8 Å². The molecule has 0 aliphatic heterocycles. The minimum atomic E-state index is -0.484. The average Bonchev–Trinajstić information content (AvgIpc) is 2.39. The van der Waals surface area contributed by atoms with Gasteiger partial charge in [-0.2, -0.15) is 0 Å². The van der Waals surface area contributed by atoms with Gasteiger partial charge in [0.25, 0.3) is 0 Å². The van der Waals surface area contributed by atoms with Gasteiger partial charge in [0.05, 0.1) is 0 Å². The number of para-hydroxylation sites is 1. The highest BCUT2D eigenvalue weighted by Crippen LogP contribution is 2.24. The molecule has 0 saturated carbocycles. The predicted octanol–water partition coefficient (Wildman–Crippen LogP) is 4.60. The largest absolute Gasteiger partial charge is 0.417 e. The number of hydrogen-bond donors (Lipinski definition) is 1. The molecule has 0 saturated heterocycles. The number of ether oxygens (including phenoxy) is 1. The lowest BCUT2D eigenvalue weighted by Gasteiger charge is -2.19. The van der Waals surface area contributed by atoms with Gasteiger partial charge in [-0.25, -0.2) is 4.79 Å². The molecule has 0 aliphatic rings. The quantitative estimate of drug-likeness (QED) is 0.865. The van der Waals surface area contributed by atoms with Crippen molar-refractivity contribution < 1.29 is 9.53 Å². The lowest BCUT2D eigenvalue weighted by molar-refractivity contribution is 0.215. The molecule has 0 heterocycles. The van der Waals surface area contributed by atoms with Crippen LogP contribution in [0.4, 0.5) is 10.5 Å². The number of rotatable bonds is 2. The normalized spacial score (nSPS) is 10.9. The van der Waals surface area contributed by atoms with E-state index in [1.165, 1.54) is 0 Å². The van der Waals surface area contributed by atoms with E-state index in [4.69, 9.17) is 4.74 Å². The van der Waals surface area contributed by atoms with Crippen LogP contribution in [0, 0.1) is 0 Å². The number of carbonyl (C=O) groups excluding carboxylic acids is 1. The summed E-state index contributed by atoms with van der Waals surface area (Å²) in [5, 5.41) is 2.74. The summed E-state index contributed by atoms with van der Waals surface area (Å²) in [5.74, 6) is 0.525. The van der Waals surface area contributed by atoms with E-state index in [9.17, 15) is 4.79 Å². The molecular formula is C17H19NO2. The van der Waals surface area contributed by atoms with Crippen molar-refractivity contribution in [3.63, 3.8) is 0 Å². The Hall–Kier alpha value is -2.29. The summed E-state index contributed by atoms with van der Waals surface area (Å²) in [7, 11) is 0. The SMILES string of the molecule is CC(C)(C)c1cccc(NC(=O)Oc2ccccc2)c1. The Morgan fingerprint density at radius 1 is 1.00 bits per heavy atom. The maximum atomic E-state index is 11.8. The number of carbonyl (C=O) groups is 1. The predicted molar refractivity (Wildman–Crippen MR) is 81.2 cm³/mol. The van der Waals surface area contributed by atoms with Gasteiger partial charge < -0.3 is 4.74 Å². The molecule has 0 fully saturated rings. The summed E-state index contributed by atoms with van der Waals surface area (Å²) in [6, 6.07) is 16.8. The van der Waals surface area contributed by atoms with E-state index in [1.54, 1.807) is 12.1 Å². The smallest absolute Gasteiger partial charge is 0.410 e. The van der Waals surface area contributed by atoms with Gasteiger partial charge in [0.15, 0.2) is 0 Å².